The molecule has 1 amide bonds. The molecule has 0 radical (unpaired) electrons. The number of aromatic amines is 1. The molecule has 0 bridgehead atoms. The van der Waals surface area contributed by atoms with Gasteiger partial charge in [-0.15, -0.1) is 0 Å². The molecule has 1 aliphatic heterocycles. The van der Waals surface area contributed by atoms with Gasteiger partial charge in [-0.2, -0.15) is 0 Å². The number of benzene rings is 1. The predicted molar refractivity (Wildman–Crippen MR) is 102 cm³/mol. The summed E-state index contributed by atoms with van der Waals surface area (Å²) in [6, 6.07) is 7.49. The van der Waals surface area contributed by atoms with Crippen LogP contribution >= 0.6 is 15.9 Å². The molecule has 0 spiro atoms. The molecule has 0 saturated heterocycles. The number of carbonyl (C=O) groups excluding carboxylic acids is 1. The van der Waals surface area contributed by atoms with Gasteiger partial charge >= 0.3 is 6.09 Å². The number of aromatic nitrogens is 2. The third kappa shape index (κ3) is 4.74. The number of hydrogen-bond acceptors (Lipinski definition) is 3. The molecule has 0 aliphatic carbocycles. The minimum atomic E-state index is -3.02. The lowest BCUT2D eigenvalue weighted by molar-refractivity contribution is 0.0113. The van der Waals surface area contributed by atoms with Crippen molar-refractivity contribution in [3.8, 4) is 11.3 Å². The number of imidazole rings is 1. The summed E-state index contributed by atoms with van der Waals surface area (Å²) in [5.74, 6) is -2.82. The summed E-state index contributed by atoms with van der Waals surface area (Å²) >= 11 is 3.37. The Kier molecular flexibility index (Phi) is 5.12. The molecule has 5 nitrogen and oxygen atoms in total. The number of hydrogen-bond donors (Lipinski definition) is 1. The summed E-state index contributed by atoms with van der Waals surface area (Å²) in [5, 5.41) is 0. The molecule has 144 valence electrons. The number of alkyl halides is 2. The maximum Gasteiger partial charge on any atom is 0.414 e. The van der Waals surface area contributed by atoms with Gasteiger partial charge in [0.2, 0.25) is 0 Å². The maximum absolute atomic E-state index is 14.0. The third-order valence-corrected chi connectivity index (χ3v) is 4.42. The van der Waals surface area contributed by atoms with Gasteiger partial charge in [0.1, 0.15) is 5.60 Å². The van der Waals surface area contributed by atoms with Crippen LogP contribution in [-0.2, 0) is 4.74 Å². The molecule has 2 heterocycles. The lowest BCUT2D eigenvalue weighted by Crippen LogP contribution is -2.41. The average Bonchev–Trinajstić information content (AvgIpc) is 3.02. The molecule has 3 rings (SSSR count). The first kappa shape index (κ1) is 19.5. The second kappa shape index (κ2) is 7.07. The van der Waals surface area contributed by atoms with Gasteiger partial charge < -0.3 is 9.72 Å². The monoisotopic (exact) mass is 439 g/mol. The standard InChI is InChI=1S/C19H20BrF2N3O2/c1-18(2,3)27-17(26)25-9-8-19(21,22)10-15(25)16-23-11-14(24-16)12-4-6-13(20)7-5-12/h4-7,10-11H,8-9H2,1-3H3,(H,23,24). The van der Waals surface area contributed by atoms with Crippen molar-refractivity contribution >= 4 is 27.7 Å². The number of halogens is 3. The van der Waals surface area contributed by atoms with Gasteiger partial charge in [-0.05, 0) is 38.5 Å². The van der Waals surface area contributed by atoms with Crippen molar-refractivity contribution in [1.29, 1.82) is 0 Å². The molecule has 1 N–H and O–H groups in total. The van der Waals surface area contributed by atoms with Crippen LogP contribution in [0.2, 0.25) is 0 Å². The molecule has 8 heteroatoms. The second-order valence-corrected chi connectivity index (χ2v) is 8.24. The number of rotatable bonds is 2. The number of amides is 1. The quantitative estimate of drug-likeness (QED) is 0.675. The summed E-state index contributed by atoms with van der Waals surface area (Å²) in [6.07, 6.45) is 1.19. The Morgan fingerprint density at radius 3 is 2.59 bits per heavy atom. The molecule has 0 saturated carbocycles. The van der Waals surface area contributed by atoms with E-state index in [4.69, 9.17) is 4.74 Å². The molecule has 0 fully saturated rings. The minimum Gasteiger partial charge on any atom is -0.443 e. The molecule has 2 aromatic rings. The van der Waals surface area contributed by atoms with E-state index in [0.29, 0.717) is 5.69 Å². The molecular formula is C19H20BrF2N3O2. The van der Waals surface area contributed by atoms with Crippen molar-refractivity contribution in [3.05, 3.63) is 46.8 Å². The molecule has 0 atom stereocenters. The van der Waals surface area contributed by atoms with E-state index in [1.807, 2.05) is 24.3 Å². The Morgan fingerprint density at radius 2 is 1.96 bits per heavy atom. The van der Waals surface area contributed by atoms with Crippen molar-refractivity contribution in [2.24, 2.45) is 0 Å². The number of carbonyl (C=O) groups is 1. The van der Waals surface area contributed by atoms with E-state index in [0.717, 1.165) is 16.1 Å². The zero-order chi connectivity index (χ0) is 19.8. The fourth-order valence-electron chi connectivity index (χ4n) is 2.66. The van der Waals surface area contributed by atoms with Crippen molar-refractivity contribution in [1.82, 2.24) is 14.9 Å². The maximum atomic E-state index is 14.0. The smallest absolute Gasteiger partial charge is 0.414 e. The lowest BCUT2D eigenvalue weighted by Gasteiger charge is -2.32. The highest BCUT2D eigenvalue weighted by atomic mass is 79.9. The van der Waals surface area contributed by atoms with Gasteiger partial charge in [0.15, 0.2) is 5.82 Å². The summed E-state index contributed by atoms with van der Waals surface area (Å²) in [7, 11) is 0. The van der Waals surface area contributed by atoms with Crippen LogP contribution in [0.1, 0.15) is 33.0 Å². The third-order valence-electron chi connectivity index (χ3n) is 3.89. The van der Waals surface area contributed by atoms with Crippen LogP contribution in [0.3, 0.4) is 0 Å². The summed E-state index contributed by atoms with van der Waals surface area (Å²) in [4.78, 5) is 20.9. The average molecular weight is 440 g/mol. The first-order valence-electron chi connectivity index (χ1n) is 8.47. The number of H-pyrrole nitrogens is 1. The number of allylic oxidation sites excluding steroid dienone is 1. The fraction of sp³-hybridized carbons (Fsp3) is 0.368. The number of ether oxygens (including phenoxy) is 1. The van der Waals surface area contributed by atoms with Gasteiger partial charge in [0.25, 0.3) is 5.92 Å². The molecular weight excluding hydrogens is 420 g/mol. The van der Waals surface area contributed by atoms with E-state index in [2.05, 4.69) is 25.9 Å². The van der Waals surface area contributed by atoms with Gasteiger partial charge in [0, 0.05) is 23.5 Å². The summed E-state index contributed by atoms with van der Waals surface area (Å²) < 4.78 is 34.3. The second-order valence-electron chi connectivity index (χ2n) is 7.32. The number of nitrogens with zero attached hydrogens (tertiary/aromatic N) is 2. The Bertz CT molecular complexity index is 870. The fourth-order valence-corrected chi connectivity index (χ4v) is 2.93. The Morgan fingerprint density at radius 1 is 1.30 bits per heavy atom. The van der Waals surface area contributed by atoms with E-state index in [1.165, 1.54) is 4.90 Å². The van der Waals surface area contributed by atoms with Gasteiger partial charge in [-0.25, -0.2) is 18.6 Å². The van der Waals surface area contributed by atoms with Gasteiger partial charge in [-0.1, -0.05) is 28.1 Å². The van der Waals surface area contributed by atoms with Crippen LogP contribution in [0.15, 0.2) is 41.0 Å². The molecule has 0 unspecified atom stereocenters. The molecule has 1 aliphatic rings. The van der Waals surface area contributed by atoms with Crippen molar-refractivity contribution in [2.75, 3.05) is 6.54 Å². The number of nitrogens with one attached hydrogen (secondary N) is 1. The van der Waals surface area contributed by atoms with Crippen molar-refractivity contribution in [3.63, 3.8) is 0 Å². The van der Waals surface area contributed by atoms with E-state index in [1.54, 1.807) is 27.0 Å². The highest BCUT2D eigenvalue weighted by molar-refractivity contribution is 9.10. The van der Waals surface area contributed by atoms with Crippen LogP contribution < -0.4 is 0 Å². The van der Waals surface area contributed by atoms with Crippen molar-refractivity contribution < 1.29 is 18.3 Å². The van der Waals surface area contributed by atoms with E-state index < -0.39 is 24.0 Å². The van der Waals surface area contributed by atoms with Gasteiger partial charge in [0.05, 0.1) is 17.6 Å². The van der Waals surface area contributed by atoms with Crippen molar-refractivity contribution in [2.45, 2.75) is 38.7 Å². The van der Waals surface area contributed by atoms with E-state index in [-0.39, 0.29) is 18.1 Å². The van der Waals surface area contributed by atoms with Crippen LogP contribution in [0, 0.1) is 0 Å². The van der Waals surface area contributed by atoms with E-state index >= 15 is 0 Å². The summed E-state index contributed by atoms with van der Waals surface area (Å²) in [6.45, 7) is 5.03. The van der Waals surface area contributed by atoms with Crippen LogP contribution in [0.5, 0.6) is 0 Å². The first-order valence-corrected chi connectivity index (χ1v) is 9.26. The first-order chi connectivity index (χ1) is 12.5. The van der Waals surface area contributed by atoms with E-state index in [9.17, 15) is 13.6 Å². The van der Waals surface area contributed by atoms with Gasteiger partial charge in [-0.3, -0.25) is 4.90 Å². The predicted octanol–water partition coefficient (Wildman–Crippen LogP) is 5.46. The SMILES string of the molecule is CC(C)(C)OC(=O)N1CCC(F)(F)C=C1c1ncc(-c2ccc(Br)cc2)[nH]1. The Labute approximate surface area is 164 Å². The lowest BCUT2D eigenvalue weighted by atomic mass is 10.1. The largest absolute Gasteiger partial charge is 0.443 e. The zero-order valence-electron chi connectivity index (χ0n) is 15.2. The Hall–Kier alpha value is -2.22. The van der Waals surface area contributed by atoms with Crippen LogP contribution in [-0.4, -0.2) is 39.0 Å². The molecule has 1 aromatic heterocycles. The Balaban J connectivity index is 1.94. The summed E-state index contributed by atoms with van der Waals surface area (Å²) in [5.41, 5.74) is 0.803. The normalized spacial score (nSPS) is 16.8. The zero-order valence-corrected chi connectivity index (χ0v) is 16.8. The highest BCUT2D eigenvalue weighted by Crippen LogP contribution is 2.34. The van der Waals surface area contributed by atoms with Crippen LogP contribution in [0.4, 0.5) is 13.6 Å². The molecule has 1 aromatic carbocycles. The topological polar surface area (TPSA) is 58.2 Å². The van der Waals surface area contributed by atoms with Crippen LogP contribution in [0.25, 0.3) is 17.0 Å². The molecule has 27 heavy (non-hydrogen) atoms. The highest BCUT2D eigenvalue weighted by Gasteiger charge is 2.38. The minimum absolute atomic E-state index is 0.0175.